The maximum absolute atomic E-state index is 6.22. The third kappa shape index (κ3) is 4.61. The van der Waals surface area contributed by atoms with Gasteiger partial charge in [0.1, 0.15) is 11.3 Å². The van der Waals surface area contributed by atoms with Gasteiger partial charge in [-0.3, -0.25) is 10.3 Å². The van der Waals surface area contributed by atoms with Crippen LogP contribution in [-0.4, -0.2) is 34.4 Å². The fourth-order valence-corrected chi connectivity index (χ4v) is 3.20. The number of nitrogens with one attached hydrogen (secondary N) is 1. The van der Waals surface area contributed by atoms with E-state index in [2.05, 4.69) is 34.6 Å². The molecule has 0 aliphatic heterocycles. The topological polar surface area (TPSA) is 87.2 Å². The zero-order valence-electron chi connectivity index (χ0n) is 16.7. The lowest BCUT2D eigenvalue weighted by molar-refractivity contribution is 0.00739. The molecular weight excluding hydrogens is 354 g/mol. The molecule has 0 radical (unpaired) electrons. The molecule has 0 amide bonds. The van der Waals surface area contributed by atoms with Gasteiger partial charge in [0, 0.05) is 24.0 Å². The first-order chi connectivity index (χ1) is 13.6. The minimum Gasteiger partial charge on any atom is -0.382 e. The highest BCUT2D eigenvalue weighted by atomic mass is 16.7. The molecule has 2 heterocycles. The summed E-state index contributed by atoms with van der Waals surface area (Å²) < 4.78 is 7.98. The van der Waals surface area contributed by atoms with Crippen molar-refractivity contribution in [2.45, 2.75) is 39.7 Å². The zero-order chi connectivity index (χ0) is 19.9. The predicted molar refractivity (Wildman–Crippen MR) is 113 cm³/mol. The van der Waals surface area contributed by atoms with Crippen molar-refractivity contribution in [2.24, 2.45) is 0 Å². The standard InChI is InChI=1S/C21H29N5O2/c1-4-5-10-18-24-19-20(16-8-6-7-9-17(16)23-21(19)22)26(18)11-12-27-13-14-28-25-15(2)3/h6-9,25H,2,4-5,10-14H2,1,3H3,(H2,22,23). The molecular formula is C21H29N5O2. The Kier molecular flexibility index (Phi) is 6.84. The van der Waals surface area contributed by atoms with E-state index >= 15 is 0 Å². The summed E-state index contributed by atoms with van der Waals surface area (Å²) >= 11 is 0. The van der Waals surface area contributed by atoms with Gasteiger partial charge in [-0.2, -0.15) is 0 Å². The first-order valence-corrected chi connectivity index (χ1v) is 9.76. The van der Waals surface area contributed by atoms with Crippen molar-refractivity contribution in [2.75, 3.05) is 25.6 Å². The number of ether oxygens (including phenoxy) is 1. The molecule has 0 atom stereocenters. The number of benzene rings is 1. The Balaban J connectivity index is 1.81. The maximum Gasteiger partial charge on any atom is 0.152 e. The Labute approximate surface area is 165 Å². The van der Waals surface area contributed by atoms with Gasteiger partial charge >= 0.3 is 0 Å². The summed E-state index contributed by atoms with van der Waals surface area (Å²) in [4.78, 5) is 14.6. The molecule has 3 N–H and O–H groups in total. The fraction of sp³-hybridized carbons (Fsp3) is 0.429. The normalized spacial score (nSPS) is 11.4. The Hall–Kier alpha value is -2.64. The number of hydroxylamine groups is 1. The van der Waals surface area contributed by atoms with Gasteiger partial charge in [0.15, 0.2) is 5.82 Å². The highest BCUT2D eigenvalue weighted by molar-refractivity contribution is 6.06. The minimum absolute atomic E-state index is 0.458. The van der Waals surface area contributed by atoms with Crippen LogP contribution in [0.15, 0.2) is 36.5 Å². The van der Waals surface area contributed by atoms with Crippen LogP contribution in [0.2, 0.25) is 0 Å². The van der Waals surface area contributed by atoms with Gasteiger partial charge in [-0.1, -0.05) is 38.1 Å². The van der Waals surface area contributed by atoms with Crippen molar-refractivity contribution in [3.63, 3.8) is 0 Å². The number of nitrogens with zero attached hydrogens (tertiary/aromatic N) is 3. The fourth-order valence-electron chi connectivity index (χ4n) is 3.20. The third-order valence-electron chi connectivity index (χ3n) is 4.48. The Morgan fingerprint density at radius 3 is 2.82 bits per heavy atom. The van der Waals surface area contributed by atoms with Crippen LogP contribution in [-0.2, 0) is 22.5 Å². The number of nitrogens with two attached hydrogens (primary N) is 1. The summed E-state index contributed by atoms with van der Waals surface area (Å²) in [5.74, 6) is 1.51. The van der Waals surface area contributed by atoms with Crippen molar-refractivity contribution in [1.82, 2.24) is 20.0 Å². The number of para-hydroxylation sites is 1. The van der Waals surface area contributed by atoms with Crippen molar-refractivity contribution < 1.29 is 9.57 Å². The highest BCUT2D eigenvalue weighted by Gasteiger charge is 2.16. The van der Waals surface area contributed by atoms with Gasteiger partial charge in [-0.25, -0.2) is 9.97 Å². The molecule has 3 aromatic rings. The number of unbranched alkanes of at least 4 members (excludes halogenated alkanes) is 1. The van der Waals surface area contributed by atoms with Crippen LogP contribution in [0.3, 0.4) is 0 Å². The van der Waals surface area contributed by atoms with Gasteiger partial charge in [0.25, 0.3) is 0 Å². The number of fused-ring (bicyclic) bond motifs is 3. The smallest absolute Gasteiger partial charge is 0.152 e. The molecule has 0 bridgehead atoms. The van der Waals surface area contributed by atoms with Crippen LogP contribution in [0, 0.1) is 0 Å². The van der Waals surface area contributed by atoms with E-state index in [-0.39, 0.29) is 0 Å². The predicted octanol–water partition coefficient (Wildman–Crippen LogP) is 3.58. The lowest BCUT2D eigenvalue weighted by atomic mass is 10.2. The molecule has 150 valence electrons. The summed E-state index contributed by atoms with van der Waals surface area (Å²) in [6, 6.07) is 8.05. The summed E-state index contributed by atoms with van der Waals surface area (Å²) in [5.41, 5.74) is 12.4. The number of hydrogen-bond donors (Lipinski definition) is 2. The molecule has 0 unspecified atom stereocenters. The number of anilines is 1. The largest absolute Gasteiger partial charge is 0.382 e. The van der Waals surface area contributed by atoms with Gasteiger partial charge in [0.2, 0.25) is 0 Å². The van der Waals surface area contributed by atoms with Crippen LogP contribution in [0.1, 0.15) is 32.5 Å². The Bertz CT molecular complexity index is 951. The molecule has 7 nitrogen and oxygen atoms in total. The number of rotatable bonds is 11. The molecule has 0 spiro atoms. The average molecular weight is 383 g/mol. The molecule has 0 saturated heterocycles. The van der Waals surface area contributed by atoms with E-state index in [1.807, 2.05) is 25.1 Å². The van der Waals surface area contributed by atoms with Crippen LogP contribution in [0.4, 0.5) is 5.82 Å². The number of pyridine rings is 1. The summed E-state index contributed by atoms with van der Waals surface area (Å²) in [6.07, 6.45) is 3.10. The lowest BCUT2D eigenvalue weighted by Crippen LogP contribution is -2.17. The minimum atomic E-state index is 0.458. The van der Waals surface area contributed by atoms with Gasteiger partial charge in [0.05, 0.1) is 30.9 Å². The van der Waals surface area contributed by atoms with Crippen LogP contribution < -0.4 is 11.2 Å². The second kappa shape index (κ2) is 9.52. The Morgan fingerprint density at radius 2 is 2.04 bits per heavy atom. The number of aromatic nitrogens is 3. The summed E-state index contributed by atoms with van der Waals surface area (Å²) in [7, 11) is 0. The van der Waals surface area contributed by atoms with Crippen LogP contribution in [0.25, 0.3) is 21.9 Å². The van der Waals surface area contributed by atoms with Gasteiger partial charge in [-0.15, -0.1) is 0 Å². The van der Waals surface area contributed by atoms with Crippen LogP contribution in [0.5, 0.6) is 0 Å². The molecule has 0 aliphatic rings. The molecule has 28 heavy (non-hydrogen) atoms. The quantitative estimate of drug-likeness (QED) is 0.389. The molecule has 0 fully saturated rings. The number of aryl methyl sites for hydroxylation is 1. The van der Waals surface area contributed by atoms with Crippen molar-refractivity contribution >= 4 is 27.8 Å². The van der Waals surface area contributed by atoms with E-state index in [4.69, 9.17) is 20.3 Å². The summed E-state index contributed by atoms with van der Waals surface area (Å²) in [6.45, 7) is 9.97. The van der Waals surface area contributed by atoms with Crippen molar-refractivity contribution in [3.8, 4) is 0 Å². The summed E-state index contributed by atoms with van der Waals surface area (Å²) in [5, 5.41) is 1.07. The van der Waals surface area contributed by atoms with E-state index in [0.29, 0.717) is 32.2 Å². The van der Waals surface area contributed by atoms with Gasteiger partial charge in [-0.05, 0) is 19.4 Å². The zero-order valence-corrected chi connectivity index (χ0v) is 16.7. The van der Waals surface area contributed by atoms with E-state index in [1.54, 1.807) is 0 Å². The maximum atomic E-state index is 6.22. The van der Waals surface area contributed by atoms with Crippen molar-refractivity contribution in [3.05, 3.63) is 42.4 Å². The molecule has 0 aliphatic carbocycles. The van der Waals surface area contributed by atoms with E-state index in [1.165, 1.54) is 0 Å². The highest BCUT2D eigenvalue weighted by Crippen LogP contribution is 2.29. The SMILES string of the molecule is C=C(C)NOCCOCCn1c(CCCC)nc2c(N)nc3ccccc3c21. The third-order valence-corrected chi connectivity index (χ3v) is 4.48. The van der Waals surface area contributed by atoms with Crippen molar-refractivity contribution in [1.29, 1.82) is 0 Å². The molecule has 2 aromatic heterocycles. The molecule has 0 saturated carbocycles. The molecule has 3 rings (SSSR count). The number of imidazole rings is 1. The van der Waals surface area contributed by atoms with E-state index in [9.17, 15) is 0 Å². The first-order valence-electron chi connectivity index (χ1n) is 9.76. The van der Waals surface area contributed by atoms with Gasteiger partial charge < -0.3 is 15.0 Å². The number of allylic oxidation sites excluding steroid dienone is 1. The second-order valence-corrected chi connectivity index (χ2v) is 6.84. The van der Waals surface area contributed by atoms with Crippen LogP contribution >= 0.6 is 0 Å². The van der Waals surface area contributed by atoms with E-state index in [0.717, 1.165) is 52.7 Å². The second-order valence-electron chi connectivity index (χ2n) is 6.84. The molecule has 1 aromatic carbocycles. The average Bonchev–Trinajstić information content (AvgIpc) is 3.05. The first kappa shape index (κ1) is 20.1. The Morgan fingerprint density at radius 1 is 1.21 bits per heavy atom. The number of hydrogen-bond acceptors (Lipinski definition) is 6. The molecule has 7 heteroatoms. The lowest BCUT2D eigenvalue weighted by Gasteiger charge is -2.12. The monoisotopic (exact) mass is 383 g/mol. The van der Waals surface area contributed by atoms with E-state index < -0.39 is 0 Å². The number of nitrogen functional groups attached to an aromatic ring is 1.